The van der Waals surface area contributed by atoms with Crippen molar-refractivity contribution in [1.29, 1.82) is 0 Å². The van der Waals surface area contributed by atoms with Gasteiger partial charge in [-0.15, -0.1) is 0 Å². The molecule has 0 radical (unpaired) electrons. The van der Waals surface area contributed by atoms with Crippen LogP contribution >= 0.6 is 11.6 Å². The summed E-state index contributed by atoms with van der Waals surface area (Å²) in [6.07, 6.45) is 0. The molecule has 0 saturated heterocycles. The molecule has 114 valence electrons. The summed E-state index contributed by atoms with van der Waals surface area (Å²) in [4.78, 5) is 35.4. The topological polar surface area (TPSA) is 92.6 Å². The number of halogens is 1. The molecule has 1 N–H and O–H groups in total. The lowest BCUT2D eigenvalue weighted by Crippen LogP contribution is -2.40. The zero-order chi connectivity index (χ0) is 16.0. The van der Waals surface area contributed by atoms with Crippen LogP contribution in [0.25, 0.3) is 0 Å². The van der Waals surface area contributed by atoms with Gasteiger partial charge in [-0.05, 0) is 19.9 Å². The predicted molar refractivity (Wildman–Crippen MR) is 78.4 cm³/mol. The average Bonchev–Trinajstić information content (AvgIpc) is 2.44. The second kappa shape index (κ2) is 7.58. The van der Waals surface area contributed by atoms with Crippen LogP contribution < -0.4 is 5.32 Å². The molecule has 0 aliphatic carbocycles. The molecule has 0 bridgehead atoms. The minimum absolute atomic E-state index is 0.0111. The van der Waals surface area contributed by atoms with Gasteiger partial charge in [0.2, 0.25) is 5.91 Å². The number of amides is 2. The van der Waals surface area contributed by atoms with E-state index in [2.05, 4.69) is 5.32 Å². The number of carbonyl (C=O) groups excluding carboxylic acids is 2. The van der Waals surface area contributed by atoms with Gasteiger partial charge < -0.3 is 10.2 Å². The fourth-order valence-corrected chi connectivity index (χ4v) is 2.03. The van der Waals surface area contributed by atoms with Crippen LogP contribution in [-0.4, -0.2) is 41.3 Å². The molecule has 0 aromatic heterocycles. The minimum Gasteiger partial charge on any atom is -0.355 e. The van der Waals surface area contributed by atoms with E-state index in [4.69, 9.17) is 11.6 Å². The first-order valence-corrected chi connectivity index (χ1v) is 6.79. The summed E-state index contributed by atoms with van der Waals surface area (Å²) in [5, 5.41) is 13.2. The second-order valence-corrected chi connectivity index (χ2v) is 4.55. The van der Waals surface area contributed by atoms with Crippen LogP contribution in [0, 0.1) is 10.1 Å². The summed E-state index contributed by atoms with van der Waals surface area (Å²) in [7, 11) is 0. The molecule has 1 rings (SSSR count). The van der Waals surface area contributed by atoms with Gasteiger partial charge in [-0.1, -0.05) is 17.7 Å². The summed E-state index contributed by atoms with van der Waals surface area (Å²) >= 11 is 5.91. The maximum Gasteiger partial charge on any atom is 0.288 e. The average molecular weight is 314 g/mol. The van der Waals surface area contributed by atoms with Crippen LogP contribution in [0.3, 0.4) is 0 Å². The fourth-order valence-electron chi connectivity index (χ4n) is 1.75. The molecule has 0 aliphatic heterocycles. The number of nitrogens with zero attached hydrogens (tertiary/aromatic N) is 2. The summed E-state index contributed by atoms with van der Waals surface area (Å²) < 4.78 is 0. The van der Waals surface area contributed by atoms with Crippen molar-refractivity contribution in [2.45, 2.75) is 13.8 Å². The van der Waals surface area contributed by atoms with E-state index >= 15 is 0 Å². The molecule has 0 heterocycles. The predicted octanol–water partition coefficient (Wildman–Crippen LogP) is 1.85. The number of carbonyl (C=O) groups is 2. The Bertz CT molecular complexity index is 562. The summed E-state index contributed by atoms with van der Waals surface area (Å²) in [5.74, 6) is -0.813. The first-order valence-electron chi connectivity index (χ1n) is 6.41. The van der Waals surface area contributed by atoms with Gasteiger partial charge in [-0.25, -0.2) is 0 Å². The van der Waals surface area contributed by atoms with Crippen LogP contribution in [0.2, 0.25) is 5.02 Å². The second-order valence-electron chi connectivity index (χ2n) is 4.17. The van der Waals surface area contributed by atoms with Crippen LogP contribution in [-0.2, 0) is 4.79 Å². The Labute approximate surface area is 127 Å². The quantitative estimate of drug-likeness (QED) is 0.640. The molecule has 0 fully saturated rings. The Balaban J connectivity index is 3.03. The molecule has 1 aromatic carbocycles. The Morgan fingerprint density at radius 3 is 2.57 bits per heavy atom. The molecule has 8 heteroatoms. The van der Waals surface area contributed by atoms with E-state index < -0.39 is 10.8 Å². The smallest absolute Gasteiger partial charge is 0.288 e. The van der Waals surface area contributed by atoms with Crippen molar-refractivity contribution in [3.8, 4) is 0 Å². The van der Waals surface area contributed by atoms with Gasteiger partial charge in [0, 0.05) is 19.2 Å². The summed E-state index contributed by atoms with van der Waals surface area (Å²) in [5.41, 5.74) is -0.325. The Hall–Kier alpha value is -2.15. The standard InChI is InChI=1S/C13H16ClN3O4/c1-3-15-11(18)8-16(4-2)13(19)9-6-5-7-10(12(9)14)17(20)21/h5-7H,3-4,8H2,1-2H3,(H,15,18). The highest BCUT2D eigenvalue weighted by molar-refractivity contribution is 6.35. The van der Waals surface area contributed by atoms with Crippen molar-refractivity contribution < 1.29 is 14.5 Å². The highest BCUT2D eigenvalue weighted by atomic mass is 35.5. The van der Waals surface area contributed by atoms with Crippen molar-refractivity contribution in [2.24, 2.45) is 0 Å². The van der Waals surface area contributed by atoms with Crippen molar-refractivity contribution >= 4 is 29.1 Å². The lowest BCUT2D eigenvalue weighted by molar-refractivity contribution is -0.384. The van der Waals surface area contributed by atoms with E-state index in [1.807, 2.05) is 0 Å². The van der Waals surface area contributed by atoms with E-state index in [0.29, 0.717) is 6.54 Å². The lowest BCUT2D eigenvalue weighted by Gasteiger charge is -2.20. The highest BCUT2D eigenvalue weighted by Crippen LogP contribution is 2.28. The maximum atomic E-state index is 12.4. The third-order valence-electron chi connectivity index (χ3n) is 2.78. The normalized spacial score (nSPS) is 10.0. The molecule has 0 atom stereocenters. The van der Waals surface area contributed by atoms with Crippen molar-refractivity contribution in [3.63, 3.8) is 0 Å². The molecule has 2 amide bonds. The van der Waals surface area contributed by atoms with E-state index in [9.17, 15) is 19.7 Å². The molecular formula is C13H16ClN3O4. The summed E-state index contributed by atoms with van der Waals surface area (Å²) in [6.45, 7) is 4.11. The lowest BCUT2D eigenvalue weighted by atomic mass is 10.1. The number of hydrogen-bond acceptors (Lipinski definition) is 4. The third kappa shape index (κ3) is 4.16. The molecule has 0 aliphatic rings. The SMILES string of the molecule is CCNC(=O)CN(CC)C(=O)c1cccc([N+](=O)[O-])c1Cl. The van der Waals surface area contributed by atoms with E-state index in [1.54, 1.807) is 13.8 Å². The number of likely N-dealkylation sites (N-methyl/N-ethyl adjacent to an activating group) is 2. The zero-order valence-corrected chi connectivity index (χ0v) is 12.5. The number of hydrogen-bond donors (Lipinski definition) is 1. The molecule has 1 aromatic rings. The Kier molecular flexibility index (Phi) is 6.10. The van der Waals surface area contributed by atoms with E-state index in [0.717, 1.165) is 0 Å². The first-order chi connectivity index (χ1) is 9.92. The Morgan fingerprint density at radius 1 is 1.38 bits per heavy atom. The molecular weight excluding hydrogens is 298 g/mol. The van der Waals surface area contributed by atoms with Crippen molar-refractivity contribution in [3.05, 3.63) is 38.9 Å². The van der Waals surface area contributed by atoms with Crippen LogP contribution in [0.5, 0.6) is 0 Å². The van der Waals surface area contributed by atoms with Gasteiger partial charge >= 0.3 is 0 Å². The van der Waals surface area contributed by atoms with Gasteiger partial charge in [0.25, 0.3) is 11.6 Å². The molecule has 7 nitrogen and oxygen atoms in total. The molecule has 0 saturated carbocycles. The number of nitro benzene ring substituents is 1. The van der Waals surface area contributed by atoms with E-state index in [1.165, 1.54) is 23.1 Å². The van der Waals surface area contributed by atoms with Gasteiger partial charge in [0.05, 0.1) is 17.0 Å². The van der Waals surface area contributed by atoms with Gasteiger partial charge in [-0.2, -0.15) is 0 Å². The molecule has 0 spiro atoms. The van der Waals surface area contributed by atoms with Crippen LogP contribution in [0.1, 0.15) is 24.2 Å². The largest absolute Gasteiger partial charge is 0.355 e. The van der Waals surface area contributed by atoms with Crippen LogP contribution in [0.15, 0.2) is 18.2 Å². The van der Waals surface area contributed by atoms with Crippen LogP contribution in [0.4, 0.5) is 5.69 Å². The highest BCUT2D eigenvalue weighted by Gasteiger charge is 2.24. The number of nitrogens with one attached hydrogen (secondary N) is 1. The monoisotopic (exact) mass is 313 g/mol. The van der Waals surface area contributed by atoms with Gasteiger partial charge in [-0.3, -0.25) is 19.7 Å². The Morgan fingerprint density at radius 2 is 2.05 bits per heavy atom. The number of rotatable bonds is 6. The van der Waals surface area contributed by atoms with Gasteiger partial charge in [0.1, 0.15) is 5.02 Å². The van der Waals surface area contributed by atoms with E-state index in [-0.39, 0.29) is 35.3 Å². The number of nitro groups is 1. The molecule has 0 unspecified atom stereocenters. The first kappa shape index (κ1) is 16.9. The molecule has 21 heavy (non-hydrogen) atoms. The van der Waals surface area contributed by atoms with Crippen molar-refractivity contribution in [2.75, 3.05) is 19.6 Å². The summed E-state index contributed by atoms with van der Waals surface area (Å²) in [6, 6.07) is 4.01. The van der Waals surface area contributed by atoms with Crippen molar-refractivity contribution in [1.82, 2.24) is 10.2 Å². The third-order valence-corrected chi connectivity index (χ3v) is 3.18. The van der Waals surface area contributed by atoms with Gasteiger partial charge in [0.15, 0.2) is 0 Å². The minimum atomic E-state index is -0.654. The zero-order valence-electron chi connectivity index (χ0n) is 11.8. The number of benzene rings is 1. The fraction of sp³-hybridized carbons (Fsp3) is 0.385. The maximum absolute atomic E-state index is 12.4.